The zero-order chi connectivity index (χ0) is 33.2. The number of thiazole rings is 1. The lowest BCUT2D eigenvalue weighted by atomic mass is 9.95. The number of carbonyl (C=O) groups is 2. The number of nitrogens with zero attached hydrogens (tertiary/aromatic N) is 4. The van der Waals surface area contributed by atoms with Crippen molar-refractivity contribution in [1.82, 2.24) is 14.3 Å². The van der Waals surface area contributed by atoms with Gasteiger partial charge in [0.05, 0.1) is 46.9 Å². The Labute approximate surface area is 282 Å². The summed E-state index contributed by atoms with van der Waals surface area (Å²) in [7, 11) is 1.45. The van der Waals surface area contributed by atoms with Crippen LogP contribution in [0.1, 0.15) is 37.9 Å². The molecule has 0 saturated carbocycles. The molecule has 1 unspecified atom stereocenters. The van der Waals surface area contributed by atoms with E-state index in [1.807, 2.05) is 60.8 Å². The first-order valence-electron chi connectivity index (χ1n) is 14.7. The van der Waals surface area contributed by atoms with Gasteiger partial charge in [0.25, 0.3) is 5.56 Å². The molecule has 0 bridgehead atoms. The number of hydrogen-bond donors (Lipinski definition) is 0. The smallest absolute Gasteiger partial charge is 0.338 e. The first kappa shape index (κ1) is 31.9. The molecule has 10 nitrogen and oxygen atoms in total. The van der Waals surface area contributed by atoms with Gasteiger partial charge in [0.15, 0.2) is 16.3 Å². The van der Waals surface area contributed by atoms with E-state index < -0.39 is 18.0 Å². The minimum atomic E-state index is -0.884. The van der Waals surface area contributed by atoms with E-state index in [0.717, 1.165) is 21.3 Å². The second-order valence-electron chi connectivity index (χ2n) is 10.5. The zero-order valence-electron chi connectivity index (χ0n) is 25.9. The number of hydrogen-bond acceptors (Lipinski definition) is 9. The lowest BCUT2D eigenvalue weighted by Crippen LogP contribution is -2.40. The van der Waals surface area contributed by atoms with Crippen molar-refractivity contribution < 1.29 is 23.8 Å². The molecule has 0 fully saturated rings. The molecule has 6 rings (SSSR count). The van der Waals surface area contributed by atoms with Gasteiger partial charge in [-0.3, -0.25) is 14.2 Å². The zero-order valence-corrected chi connectivity index (χ0v) is 28.3. The van der Waals surface area contributed by atoms with Gasteiger partial charge in [-0.1, -0.05) is 63.7 Å². The summed E-state index contributed by atoms with van der Waals surface area (Å²) in [4.78, 5) is 44.5. The SMILES string of the molecule is CCOC(=O)C1=C(C)N=c2s/c(=C/c3cn(-c4ccccc4)nc3-c3ccc(Br)cc3)c(=O)n2C1c1ccc(OC(C)=O)c(OC)c1. The van der Waals surface area contributed by atoms with Crippen LogP contribution in [0.4, 0.5) is 0 Å². The van der Waals surface area contributed by atoms with Crippen LogP contribution >= 0.6 is 27.3 Å². The van der Waals surface area contributed by atoms with Crippen LogP contribution in [-0.2, 0) is 14.3 Å². The van der Waals surface area contributed by atoms with Gasteiger partial charge in [0, 0.05) is 28.7 Å². The lowest BCUT2D eigenvalue weighted by Gasteiger charge is -2.25. The van der Waals surface area contributed by atoms with Crippen LogP contribution in [-0.4, -0.2) is 40.0 Å². The van der Waals surface area contributed by atoms with Crippen molar-refractivity contribution >= 4 is 45.3 Å². The van der Waals surface area contributed by atoms with Gasteiger partial charge in [-0.05, 0) is 61.9 Å². The van der Waals surface area contributed by atoms with Crippen LogP contribution in [0.25, 0.3) is 23.0 Å². The van der Waals surface area contributed by atoms with Crippen molar-refractivity contribution in [3.8, 4) is 28.4 Å². The summed E-state index contributed by atoms with van der Waals surface area (Å²) in [6, 6.07) is 21.5. The topological polar surface area (TPSA) is 114 Å². The molecule has 0 aliphatic carbocycles. The number of ether oxygens (including phenoxy) is 3. The summed E-state index contributed by atoms with van der Waals surface area (Å²) in [6.07, 6.45) is 3.69. The van der Waals surface area contributed by atoms with Gasteiger partial charge in [-0.15, -0.1) is 0 Å². The highest BCUT2D eigenvalue weighted by Gasteiger charge is 2.34. The quantitative estimate of drug-likeness (QED) is 0.158. The van der Waals surface area contributed by atoms with Gasteiger partial charge < -0.3 is 14.2 Å². The lowest BCUT2D eigenvalue weighted by molar-refractivity contribution is -0.139. The maximum atomic E-state index is 14.3. The van der Waals surface area contributed by atoms with Gasteiger partial charge in [0.2, 0.25) is 0 Å². The molecule has 0 saturated heterocycles. The van der Waals surface area contributed by atoms with Crippen LogP contribution in [0, 0.1) is 0 Å². The number of rotatable bonds is 8. The monoisotopic (exact) mass is 712 g/mol. The van der Waals surface area contributed by atoms with E-state index in [1.54, 1.807) is 42.8 Å². The molecule has 2 aromatic heterocycles. The van der Waals surface area contributed by atoms with Crippen molar-refractivity contribution in [3.63, 3.8) is 0 Å². The van der Waals surface area contributed by atoms with E-state index in [-0.39, 0.29) is 29.2 Å². The van der Waals surface area contributed by atoms with Crippen LogP contribution in [0.5, 0.6) is 11.5 Å². The van der Waals surface area contributed by atoms with Gasteiger partial charge >= 0.3 is 11.9 Å². The Kier molecular flexibility index (Phi) is 9.06. The summed E-state index contributed by atoms with van der Waals surface area (Å²) >= 11 is 4.71. The minimum absolute atomic E-state index is 0.145. The first-order valence-corrected chi connectivity index (χ1v) is 16.3. The Morgan fingerprint density at radius 2 is 1.79 bits per heavy atom. The van der Waals surface area contributed by atoms with Gasteiger partial charge in [-0.2, -0.15) is 5.10 Å². The number of methoxy groups -OCH3 is 1. The molecular weight excluding hydrogens is 684 g/mol. The maximum Gasteiger partial charge on any atom is 0.338 e. The van der Waals surface area contributed by atoms with Crippen LogP contribution in [0.15, 0.2) is 105 Å². The molecule has 0 N–H and O–H groups in total. The van der Waals surface area contributed by atoms with E-state index in [0.29, 0.717) is 26.3 Å². The molecule has 5 aromatic rings. The molecule has 1 aliphatic heterocycles. The normalized spacial score (nSPS) is 14.4. The van der Waals surface area contributed by atoms with E-state index in [4.69, 9.17) is 19.3 Å². The molecule has 0 amide bonds. The number of fused-ring (bicyclic) bond motifs is 1. The predicted octanol–water partition coefficient (Wildman–Crippen LogP) is 5.35. The van der Waals surface area contributed by atoms with E-state index >= 15 is 0 Å². The third-order valence-electron chi connectivity index (χ3n) is 7.44. The minimum Gasteiger partial charge on any atom is -0.493 e. The summed E-state index contributed by atoms with van der Waals surface area (Å²) in [5, 5.41) is 4.89. The largest absolute Gasteiger partial charge is 0.493 e. The number of para-hydroxylation sites is 1. The Balaban J connectivity index is 1.56. The fourth-order valence-electron chi connectivity index (χ4n) is 5.38. The van der Waals surface area contributed by atoms with Crippen molar-refractivity contribution in [2.75, 3.05) is 13.7 Å². The fraction of sp³-hybridized carbons (Fsp3) is 0.171. The average Bonchev–Trinajstić information content (AvgIpc) is 3.61. The van der Waals surface area contributed by atoms with Crippen LogP contribution in [0.3, 0.4) is 0 Å². The Hall–Kier alpha value is -5.07. The number of allylic oxidation sites excluding steroid dienone is 1. The van der Waals surface area contributed by atoms with Gasteiger partial charge in [0.1, 0.15) is 0 Å². The summed E-state index contributed by atoms with van der Waals surface area (Å²) in [5.74, 6) is -0.613. The number of esters is 2. The summed E-state index contributed by atoms with van der Waals surface area (Å²) in [5.41, 5.74) is 4.02. The molecule has 47 heavy (non-hydrogen) atoms. The molecule has 3 heterocycles. The third kappa shape index (κ3) is 6.34. The summed E-state index contributed by atoms with van der Waals surface area (Å²) < 4.78 is 20.8. The van der Waals surface area contributed by atoms with Gasteiger partial charge in [-0.25, -0.2) is 14.5 Å². The number of halogens is 1. The highest BCUT2D eigenvalue weighted by atomic mass is 79.9. The Morgan fingerprint density at radius 3 is 2.47 bits per heavy atom. The Bertz CT molecular complexity index is 2220. The standard InChI is InChI=1S/C35H29BrN4O6S/c1-5-45-34(43)30-20(2)37-35-40(32(30)23-13-16-27(46-21(3)41)28(17-23)44-4)33(42)29(47-35)18-24-19-39(26-9-7-6-8-10-26)38-31(24)22-11-14-25(36)15-12-22/h6-19,32H,5H2,1-4H3/b29-18+. The van der Waals surface area contributed by atoms with Crippen LogP contribution in [0.2, 0.25) is 0 Å². The third-order valence-corrected chi connectivity index (χ3v) is 8.95. The fourth-order valence-corrected chi connectivity index (χ4v) is 6.68. The number of aromatic nitrogens is 3. The summed E-state index contributed by atoms with van der Waals surface area (Å²) in [6.45, 7) is 4.87. The molecular formula is C35H29BrN4O6S. The number of carbonyl (C=O) groups excluding carboxylic acids is 2. The van der Waals surface area contributed by atoms with Crippen LogP contribution < -0.4 is 24.4 Å². The van der Waals surface area contributed by atoms with E-state index in [2.05, 4.69) is 20.9 Å². The highest BCUT2D eigenvalue weighted by molar-refractivity contribution is 9.10. The molecule has 0 spiro atoms. The predicted molar refractivity (Wildman–Crippen MR) is 181 cm³/mol. The molecule has 3 aromatic carbocycles. The molecule has 1 aliphatic rings. The van der Waals surface area contributed by atoms with Crippen molar-refractivity contribution in [1.29, 1.82) is 0 Å². The maximum absolute atomic E-state index is 14.3. The van der Waals surface area contributed by atoms with Crippen molar-refractivity contribution in [2.45, 2.75) is 26.8 Å². The van der Waals surface area contributed by atoms with Crippen molar-refractivity contribution in [2.24, 2.45) is 4.99 Å². The average molecular weight is 714 g/mol. The second kappa shape index (κ2) is 13.3. The molecule has 0 radical (unpaired) electrons. The van der Waals surface area contributed by atoms with Crippen molar-refractivity contribution in [3.05, 3.63) is 126 Å². The first-order chi connectivity index (χ1) is 22.7. The highest BCUT2D eigenvalue weighted by Crippen LogP contribution is 2.36. The second-order valence-corrected chi connectivity index (χ2v) is 12.5. The molecule has 12 heteroatoms. The Morgan fingerprint density at radius 1 is 1.04 bits per heavy atom. The molecule has 1 atom stereocenters. The van der Waals surface area contributed by atoms with E-state index in [1.165, 1.54) is 29.9 Å². The van der Waals surface area contributed by atoms with E-state index in [9.17, 15) is 14.4 Å². The number of benzene rings is 3. The molecule has 238 valence electrons.